The molecule has 0 N–H and O–H groups in total. The minimum absolute atomic E-state index is 0. The molecule has 10 heteroatoms. The van der Waals surface area contributed by atoms with Crippen LogP contribution in [0.5, 0.6) is 0 Å². The molecule has 108 heavy (non-hydrogen) atoms. The van der Waals surface area contributed by atoms with Gasteiger partial charge < -0.3 is 19.9 Å². The standard InChI is InChI=1S/C98H64Cl2N6.2Ir/c99-79-42-46-81(87(60-79)77-54-67(20-16-63-24-32-71(33-25-63)91-12-1-5-48-101-91)52-68(55-77)21-17-64-26-34-72(35-27-64)92-13-2-6-49-102-92)75-40-44-85-89(58-75)83-10-9-11-84-90-59-76(41-45-86(90)98-96(95(83)84)97(85)105-62-106-98)82-47-43-80(100)61-88(82)78-56-69(22-18-65-28-36-73(37-29-65)93-14-3-7-50-103-93)53-70(57-78)23-19-66-30-38-74(39-31-66)94-15-4-8-51-104-94;;/h1-15,24-32,34,36,38,40-43,46-62H,16-23H2;;/q-6;2*+3. The molecule has 518 valence electrons. The predicted molar refractivity (Wildman–Crippen MR) is 434 cm³/mol. The van der Waals surface area contributed by atoms with Gasteiger partial charge in [0.25, 0.3) is 0 Å². The van der Waals surface area contributed by atoms with Crippen molar-refractivity contribution in [2.45, 2.75) is 51.4 Å². The summed E-state index contributed by atoms with van der Waals surface area (Å²) in [6.45, 7) is 0. The Morgan fingerprint density at radius 3 is 0.907 bits per heavy atom. The Hall–Kier alpha value is -11.0. The predicted octanol–water partition coefficient (Wildman–Crippen LogP) is 23.8. The molecule has 0 unspecified atom stereocenters. The first-order valence-corrected chi connectivity index (χ1v) is 36.7. The third kappa shape index (κ3) is 14.9. The fraction of sp³-hybridized carbons (Fsp3) is 0.0816. The average molecular weight is 1780 g/mol. The van der Waals surface area contributed by atoms with Crippen LogP contribution in [0.3, 0.4) is 0 Å². The number of benzene rings is 13. The zero-order valence-electron chi connectivity index (χ0n) is 58.5. The molecular formula is C98H64Cl2Ir2N6. The molecule has 0 saturated heterocycles. The monoisotopic (exact) mass is 1780 g/mol. The van der Waals surface area contributed by atoms with Crippen molar-refractivity contribution >= 4 is 77.3 Å². The van der Waals surface area contributed by atoms with E-state index < -0.39 is 0 Å². The molecule has 0 saturated carbocycles. The quantitative estimate of drug-likeness (QED) is 0.0430. The van der Waals surface area contributed by atoms with E-state index in [0.717, 1.165) is 195 Å². The maximum absolute atomic E-state index is 7.10. The minimum atomic E-state index is 0. The van der Waals surface area contributed by atoms with Crippen molar-refractivity contribution in [3.63, 3.8) is 0 Å². The summed E-state index contributed by atoms with van der Waals surface area (Å²) < 4.78 is 0. The van der Waals surface area contributed by atoms with Crippen molar-refractivity contribution in [2.24, 2.45) is 0 Å². The van der Waals surface area contributed by atoms with Gasteiger partial charge in [-0.2, -0.15) is 0 Å². The molecule has 0 spiro atoms. The maximum atomic E-state index is 7.10. The van der Waals surface area contributed by atoms with Gasteiger partial charge in [-0.25, -0.2) is 0 Å². The van der Waals surface area contributed by atoms with Gasteiger partial charge in [0, 0.05) is 34.8 Å². The number of halogens is 2. The van der Waals surface area contributed by atoms with Gasteiger partial charge in [-0.1, -0.05) is 213 Å². The van der Waals surface area contributed by atoms with Crippen molar-refractivity contribution in [3.8, 4) is 89.5 Å². The smallest absolute Gasteiger partial charge is 0.305 e. The van der Waals surface area contributed by atoms with Crippen molar-refractivity contribution in [3.05, 3.63) is 383 Å². The van der Waals surface area contributed by atoms with Crippen molar-refractivity contribution < 1.29 is 40.2 Å². The van der Waals surface area contributed by atoms with Crippen LogP contribution in [0.25, 0.3) is 144 Å². The van der Waals surface area contributed by atoms with Crippen LogP contribution in [0.1, 0.15) is 44.5 Å². The largest absolute Gasteiger partial charge is 3.00 e. The summed E-state index contributed by atoms with van der Waals surface area (Å²) in [7, 11) is 0. The van der Waals surface area contributed by atoms with Crippen LogP contribution < -0.4 is 0 Å². The normalized spacial score (nSPS) is 11.4. The van der Waals surface area contributed by atoms with Crippen LogP contribution in [-0.4, -0.2) is 29.9 Å². The fourth-order valence-corrected chi connectivity index (χ4v) is 15.5. The summed E-state index contributed by atoms with van der Waals surface area (Å²) in [4.78, 5) is 28.5. The molecule has 18 aromatic rings. The molecule has 13 aromatic carbocycles. The first-order valence-electron chi connectivity index (χ1n) is 35.9. The van der Waals surface area contributed by atoms with E-state index >= 15 is 0 Å². The topological polar surface area (TPSA) is 77.3 Å². The van der Waals surface area contributed by atoms with Gasteiger partial charge in [0.2, 0.25) is 0 Å². The van der Waals surface area contributed by atoms with E-state index in [2.05, 4.69) is 232 Å². The van der Waals surface area contributed by atoms with Crippen LogP contribution in [0.15, 0.2) is 292 Å². The van der Waals surface area contributed by atoms with Gasteiger partial charge in [0.1, 0.15) is 0 Å². The molecule has 0 amide bonds. The van der Waals surface area contributed by atoms with Crippen LogP contribution in [0, 0.1) is 36.4 Å². The second-order valence-electron chi connectivity index (χ2n) is 27.3. The number of aryl methyl sites for hydroxylation is 8. The van der Waals surface area contributed by atoms with E-state index in [-0.39, 0.29) is 40.2 Å². The van der Waals surface area contributed by atoms with E-state index in [1.54, 1.807) is 6.33 Å². The maximum Gasteiger partial charge on any atom is 3.00 e. The number of fused-ring (bicyclic) bond motifs is 6. The number of pyridine rings is 4. The Morgan fingerprint density at radius 2 is 0.593 bits per heavy atom. The van der Waals surface area contributed by atoms with Crippen LogP contribution in [-0.2, 0) is 91.6 Å². The van der Waals surface area contributed by atoms with E-state index in [0.29, 0.717) is 10.0 Å². The molecule has 0 radical (unpaired) electrons. The van der Waals surface area contributed by atoms with E-state index in [1.165, 1.54) is 44.5 Å². The van der Waals surface area contributed by atoms with Gasteiger partial charge in [0.15, 0.2) is 0 Å². The first-order chi connectivity index (χ1) is 52.3. The van der Waals surface area contributed by atoms with Gasteiger partial charge in [-0.05, 0) is 158 Å². The number of nitrogens with zero attached hydrogens (tertiary/aromatic N) is 6. The van der Waals surface area contributed by atoms with Crippen molar-refractivity contribution in [2.75, 3.05) is 0 Å². The average Bonchev–Trinajstić information content (AvgIpc) is 0.701. The van der Waals surface area contributed by atoms with Gasteiger partial charge in [-0.15, -0.1) is 189 Å². The van der Waals surface area contributed by atoms with Crippen LogP contribution in [0.4, 0.5) is 0 Å². The Kier molecular flexibility index (Phi) is 21.0. The zero-order chi connectivity index (χ0) is 70.9. The molecule has 0 aliphatic heterocycles. The van der Waals surface area contributed by atoms with E-state index in [9.17, 15) is 0 Å². The molecule has 0 bridgehead atoms. The molecule has 5 aromatic heterocycles. The Labute approximate surface area is 665 Å². The molecule has 0 atom stereocenters. The number of rotatable bonds is 20. The molecule has 6 nitrogen and oxygen atoms in total. The molecule has 0 aliphatic rings. The van der Waals surface area contributed by atoms with Crippen molar-refractivity contribution in [1.29, 1.82) is 0 Å². The summed E-state index contributed by atoms with van der Waals surface area (Å²) in [5.41, 5.74) is 27.6. The van der Waals surface area contributed by atoms with Gasteiger partial charge in [-0.3, -0.25) is 9.97 Å². The molecule has 0 aliphatic carbocycles. The van der Waals surface area contributed by atoms with E-state index in [1.807, 2.05) is 110 Å². The van der Waals surface area contributed by atoms with Crippen LogP contribution >= 0.6 is 23.2 Å². The number of hydrogen-bond acceptors (Lipinski definition) is 6. The number of hydrogen-bond donors (Lipinski definition) is 0. The minimum Gasteiger partial charge on any atom is -0.305 e. The Morgan fingerprint density at radius 1 is 0.250 bits per heavy atom. The summed E-state index contributed by atoms with van der Waals surface area (Å²) in [5, 5.41) is 9.61. The second kappa shape index (κ2) is 31.8. The Balaban J connectivity index is 0.00000445. The van der Waals surface area contributed by atoms with Crippen LogP contribution in [0.2, 0.25) is 10.0 Å². The fourth-order valence-electron chi connectivity index (χ4n) is 15.2. The molecular weight excluding hydrogens is 1720 g/mol. The SMILES string of the molecule is Clc1ccc(-c2c[c-]c3c(c2)c2cccc4c5cc(-c6ccc(Cl)cc6-c6cc(CCc7c[c-]c(-c8ccccn8)cc7)cc(CCc7c[c-]c(-c8ccccn8)cc7)c6)c[c-]c5c5ncnc3c5c24)c(-c2cc(CCc3c[c-]c(-c4ccccn4)cc3)cc(CCc3c[c-]c(-c4ccccn4)cc3)c2)c1.[Ir+3].[Ir+3]. The summed E-state index contributed by atoms with van der Waals surface area (Å²) in [5.74, 6) is 0. The first kappa shape index (κ1) is 71.2. The second-order valence-corrected chi connectivity index (χ2v) is 28.2. The van der Waals surface area contributed by atoms with Gasteiger partial charge >= 0.3 is 40.2 Å². The molecule has 0 fully saturated rings. The zero-order valence-corrected chi connectivity index (χ0v) is 64.8. The molecule has 18 rings (SSSR count). The third-order valence-corrected chi connectivity index (χ3v) is 21.0. The number of aromatic nitrogens is 6. The Bertz CT molecular complexity index is 5660. The van der Waals surface area contributed by atoms with E-state index in [4.69, 9.17) is 33.2 Å². The summed E-state index contributed by atoms with van der Waals surface area (Å²) >= 11 is 14.2. The molecule has 5 heterocycles. The summed E-state index contributed by atoms with van der Waals surface area (Å²) in [6, 6.07) is 114. The summed E-state index contributed by atoms with van der Waals surface area (Å²) in [6.07, 6.45) is 15.7. The van der Waals surface area contributed by atoms with Crippen molar-refractivity contribution in [1.82, 2.24) is 29.9 Å². The van der Waals surface area contributed by atoms with Gasteiger partial charge in [0.05, 0.1) is 6.33 Å². The third-order valence-electron chi connectivity index (χ3n) is 20.5.